The first-order valence-corrected chi connectivity index (χ1v) is 9.72. The molecule has 1 heterocycles. The average molecular weight is 345 g/mol. The second-order valence-electron chi connectivity index (χ2n) is 7.29. The summed E-state index contributed by atoms with van der Waals surface area (Å²) in [4.78, 5) is 17.0. The average Bonchev–Trinajstić information content (AvgIpc) is 2.65. The molecule has 1 aliphatic carbocycles. The molecule has 1 aromatic carbocycles. The second kappa shape index (κ2) is 9.20. The summed E-state index contributed by atoms with van der Waals surface area (Å²) < 4.78 is 0. The summed E-state index contributed by atoms with van der Waals surface area (Å²) in [6.07, 6.45) is 4.99. The number of nitrogens with one attached hydrogen (secondary N) is 1. The van der Waals surface area contributed by atoms with Crippen molar-refractivity contribution in [2.24, 2.45) is 0 Å². The molecule has 138 valence electrons. The van der Waals surface area contributed by atoms with Crippen LogP contribution in [0.4, 0.5) is 5.69 Å². The van der Waals surface area contributed by atoms with Gasteiger partial charge in [-0.15, -0.1) is 0 Å². The SMILES string of the molecule is O=C(CCCN1CCN(c2ccccc2)CC1)NC1CCCCC1O. The second-order valence-corrected chi connectivity index (χ2v) is 7.29. The molecule has 1 saturated carbocycles. The van der Waals surface area contributed by atoms with Gasteiger partial charge in [0, 0.05) is 38.3 Å². The van der Waals surface area contributed by atoms with Crippen LogP contribution in [-0.4, -0.2) is 60.8 Å². The van der Waals surface area contributed by atoms with Crippen LogP contribution >= 0.6 is 0 Å². The first-order chi connectivity index (χ1) is 12.2. The van der Waals surface area contributed by atoms with Crippen LogP contribution in [0, 0.1) is 0 Å². The maximum absolute atomic E-state index is 12.1. The summed E-state index contributed by atoms with van der Waals surface area (Å²) >= 11 is 0. The van der Waals surface area contributed by atoms with Gasteiger partial charge in [-0.25, -0.2) is 0 Å². The number of aliphatic hydroxyl groups excluding tert-OH is 1. The molecule has 5 heteroatoms. The number of piperazine rings is 1. The number of carbonyl (C=O) groups is 1. The van der Waals surface area contributed by atoms with E-state index >= 15 is 0 Å². The number of amides is 1. The van der Waals surface area contributed by atoms with Crippen LogP contribution in [0.1, 0.15) is 38.5 Å². The molecular formula is C20H31N3O2. The van der Waals surface area contributed by atoms with E-state index in [9.17, 15) is 9.90 Å². The number of rotatable bonds is 6. The fourth-order valence-corrected chi connectivity index (χ4v) is 3.89. The van der Waals surface area contributed by atoms with Gasteiger partial charge in [-0.05, 0) is 37.9 Å². The molecule has 2 unspecified atom stereocenters. The van der Waals surface area contributed by atoms with E-state index in [0.29, 0.717) is 6.42 Å². The van der Waals surface area contributed by atoms with Crippen LogP contribution in [-0.2, 0) is 4.79 Å². The molecule has 1 amide bonds. The van der Waals surface area contributed by atoms with Crippen LogP contribution in [0.25, 0.3) is 0 Å². The molecule has 1 aliphatic heterocycles. The van der Waals surface area contributed by atoms with Crippen LogP contribution in [0.2, 0.25) is 0 Å². The van der Waals surface area contributed by atoms with Crippen molar-refractivity contribution in [1.82, 2.24) is 10.2 Å². The highest BCUT2D eigenvalue weighted by Gasteiger charge is 2.24. The van der Waals surface area contributed by atoms with Crippen LogP contribution in [0.5, 0.6) is 0 Å². The van der Waals surface area contributed by atoms with Crippen molar-refractivity contribution in [3.63, 3.8) is 0 Å². The van der Waals surface area contributed by atoms with Crippen molar-refractivity contribution >= 4 is 11.6 Å². The zero-order chi connectivity index (χ0) is 17.5. The van der Waals surface area contributed by atoms with Gasteiger partial charge in [-0.3, -0.25) is 9.69 Å². The lowest BCUT2D eigenvalue weighted by atomic mass is 9.92. The summed E-state index contributed by atoms with van der Waals surface area (Å²) in [5.74, 6) is 0.0915. The predicted molar refractivity (Wildman–Crippen MR) is 101 cm³/mol. The number of aliphatic hydroxyl groups is 1. The van der Waals surface area contributed by atoms with E-state index in [2.05, 4.69) is 45.4 Å². The van der Waals surface area contributed by atoms with Gasteiger partial charge < -0.3 is 15.3 Å². The molecule has 0 bridgehead atoms. The monoisotopic (exact) mass is 345 g/mol. The fourth-order valence-electron chi connectivity index (χ4n) is 3.89. The summed E-state index contributed by atoms with van der Waals surface area (Å²) in [5, 5.41) is 13.0. The quantitative estimate of drug-likeness (QED) is 0.828. The van der Waals surface area contributed by atoms with Crippen molar-refractivity contribution in [3.05, 3.63) is 30.3 Å². The van der Waals surface area contributed by atoms with E-state index in [1.165, 1.54) is 5.69 Å². The van der Waals surface area contributed by atoms with Gasteiger partial charge in [0.2, 0.25) is 5.91 Å². The Morgan fingerprint density at radius 3 is 2.52 bits per heavy atom. The van der Waals surface area contributed by atoms with Gasteiger partial charge in [-0.1, -0.05) is 31.0 Å². The Morgan fingerprint density at radius 1 is 1.08 bits per heavy atom. The molecule has 1 saturated heterocycles. The molecule has 25 heavy (non-hydrogen) atoms. The Hall–Kier alpha value is -1.59. The van der Waals surface area contributed by atoms with E-state index in [0.717, 1.165) is 64.8 Å². The summed E-state index contributed by atoms with van der Waals surface area (Å²) in [6.45, 7) is 5.17. The molecule has 0 aromatic heterocycles. The number of nitrogens with zero attached hydrogens (tertiary/aromatic N) is 2. The van der Waals surface area contributed by atoms with Crippen molar-refractivity contribution in [1.29, 1.82) is 0 Å². The highest BCUT2D eigenvalue weighted by Crippen LogP contribution is 2.19. The lowest BCUT2D eigenvalue weighted by Gasteiger charge is -2.36. The van der Waals surface area contributed by atoms with Crippen LogP contribution in [0.15, 0.2) is 30.3 Å². The molecule has 0 spiro atoms. The first-order valence-electron chi connectivity index (χ1n) is 9.72. The molecular weight excluding hydrogens is 314 g/mol. The Morgan fingerprint density at radius 2 is 1.80 bits per heavy atom. The molecule has 5 nitrogen and oxygen atoms in total. The topological polar surface area (TPSA) is 55.8 Å². The largest absolute Gasteiger partial charge is 0.391 e. The highest BCUT2D eigenvalue weighted by atomic mass is 16.3. The molecule has 2 aliphatic rings. The smallest absolute Gasteiger partial charge is 0.220 e. The normalized spacial score (nSPS) is 24.9. The number of para-hydroxylation sites is 1. The number of hydrogen-bond acceptors (Lipinski definition) is 4. The maximum atomic E-state index is 12.1. The minimum atomic E-state index is -0.358. The fraction of sp³-hybridized carbons (Fsp3) is 0.650. The summed E-state index contributed by atoms with van der Waals surface area (Å²) in [5.41, 5.74) is 1.30. The number of hydrogen-bond donors (Lipinski definition) is 2. The zero-order valence-corrected chi connectivity index (χ0v) is 15.1. The Balaban J connectivity index is 1.31. The van der Waals surface area contributed by atoms with Crippen LogP contribution < -0.4 is 10.2 Å². The van der Waals surface area contributed by atoms with Gasteiger partial charge in [0.05, 0.1) is 12.1 Å². The Labute approximate surface area is 151 Å². The Bertz CT molecular complexity index is 529. The molecule has 1 aromatic rings. The maximum Gasteiger partial charge on any atom is 0.220 e. The van der Waals surface area contributed by atoms with Crippen molar-refractivity contribution in [3.8, 4) is 0 Å². The van der Waals surface area contributed by atoms with Crippen molar-refractivity contribution < 1.29 is 9.90 Å². The first kappa shape index (κ1) is 18.2. The third kappa shape index (κ3) is 5.44. The Kier molecular flexibility index (Phi) is 6.70. The molecule has 3 rings (SSSR count). The van der Waals surface area contributed by atoms with Gasteiger partial charge in [0.15, 0.2) is 0 Å². The lowest BCUT2D eigenvalue weighted by Crippen LogP contribution is -2.47. The van der Waals surface area contributed by atoms with Crippen LogP contribution in [0.3, 0.4) is 0 Å². The van der Waals surface area contributed by atoms with E-state index in [-0.39, 0.29) is 18.1 Å². The molecule has 2 N–H and O–H groups in total. The van der Waals surface area contributed by atoms with Gasteiger partial charge >= 0.3 is 0 Å². The van der Waals surface area contributed by atoms with Crippen molar-refractivity contribution in [2.75, 3.05) is 37.6 Å². The highest BCUT2D eigenvalue weighted by molar-refractivity contribution is 5.76. The third-order valence-corrected chi connectivity index (χ3v) is 5.45. The van der Waals surface area contributed by atoms with E-state index in [1.54, 1.807) is 0 Å². The number of carbonyl (C=O) groups excluding carboxylic acids is 1. The van der Waals surface area contributed by atoms with E-state index < -0.39 is 0 Å². The predicted octanol–water partition coefficient (Wildman–Crippen LogP) is 2.01. The molecule has 2 fully saturated rings. The van der Waals surface area contributed by atoms with E-state index in [1.807, 2.05) is 0 Å². The minimum absolute atomic E-state index is 0.0318. The number of anilines is 1. The van der Waals surface area contributed by atoms with Gasteiger partial charge in [0.25, 0.3) is 0 Å². The van der Waals surface area contributed by atoms with Gasteiger partial charge in [-0.2, -0.15) is 0 Å². The molecule has 0 radical (unpaired) electrons. The summed E-state index contributed by atoms with van der Waals surface area (Å²) in [7, 11) is 0. The third-order valence-electron chi connectivity index (χ3n) is 5.45. The lowest BCUT2D eigenvalue weighted by molar-refractivity contribution is -0.123. The standard InChI is InChI=1S/C20H31N3O2/c24-19-10-5-4-9-18(19)21-20(25)11-6-12-22-13-15-23(16-14-22)17-7-2-1-3-8-17/h1-3,7-8,18-19,24H,4-6,9-16H2,(H,21,25). The summed E-state index contributed by atoms with van der Waals surface area (Å²) in [6, 6.07) is 10.5. The van der Waals surface area contributed by atoms with E-state index in [4.69, 9.17) is 0 Å². The molecule has 2 atom stereocenters. The zero-order valence-electron chi connectivity index (χ0n) is 15.1. The number of benzene rings is 1. The van der Waals surface area contributed by atoms with Crippen molar-refractivity contribution in [2.45, 2.75) is 50.7 Å². The minimum Gasteiger partial charge on any atom is -0.391 e. The van der Waals surface area contributed by atoms with Gasteiger partial charge in [0.1, 0.15) is 0 Å².